The Morgan fingerprint density at radius 1 is 1.09 bits per heavy atom. The number of hydrogen-bond donors (Lipinski definition) is 2. The third-order valence-electron chi connectivity index (χ3n) is 3.62. The van der Waals surface area contributed by atoms with Gasteiger partial charge in [-0.15, -0.1) is 0 Å². The third-order valence-corrected chi connectivity index (χ3v) is 5.18. The molecule has 0 radical (unpaired) electrons. The lowest BCUT2D eigenvalue weighted by Gasteiger charge is -2.24. The summed E-state index contributed by atoms with van der Waals surface area (Å²) in [4.78, 5) is 0.238. The molecular weight excluding hydrogens is 298 g/mol. The van der Waals surface area contributed by atoms with Crippen molar-refractivity contribution in [2.45, 2.75) is 31.3 Å². The summed E-state index contributed by atoms with van der Waals surface area (Å²) >= 11 is 0. The largest absolute Gasteiger partial charge is 0.384 e. The van der Waals surface area contributed by atoms with Crippen molar-refractivity contribution in [3.63, 3.8) is 0 Å². The number of rotatable bonds is 5. The molecule has 5 heteroatoms. The van der Waals surface area contributed by atoms with Gasteiger partial charge in [-0.2, -0.15) is 0 Å². The van der Waals surface area contributed by atoms with Crippen molar-refractivity contribution in [2.24, 2.45) is 0 Å². The minimum atomic E-state index is -3.66. The molecule has 0 aliphatic heterocycles. The molecule has 0 saturated carbocycles. The first kappa shape index (κ1) is 16.7. The average Bonchev–Trinajstić information content (AvgIpc) is 2.46. The van der Waals surface area contributed by atoms with Crippen molar-refractivity contribution < 1.29 is 13.5 Å². The second-order valence-corrected chi connectivity index (χ2v) is 7.47. The molecule has 1 atom stereocenters. The zero-order chi connectivity index (χ0) is 16.4. The molecule has 0 fully saturated rings. The van der Waals surface area contributed by atoms with Gasteiger partial charge in [-0.05, 0) is 38.0 Å². The van der Waals surface area contributed by atoms with Gasteiger partial charge in [-0.25, -0.2) is 13.1 Å². The Morgan fingerprint density at radius 3 is 2.32 bits per heavy atom. The van der Waals surface area contributed by atoms with E-state index in [4.69, 9.17) is 0 Å². The Labute approximate surface area is 131 Å². The number of aliphatic hydroxyl groups is 1. The highest BCUT2D eigenvalue weighted by Gasteiger charge is 2.26. The van der Waals surface area contributed by atoms with E-state index in [-0.39, 0.29) is 11.4 Å². The molecule has 0 bridgehead atoms. The topological polar surface area (TPSA) is 66.4 Å². The molecule has 0 aliphatic rings. The molecule has 2 aromatic carbocycles. The highest BCUT2D eigenvalue weighted by atomic mass is 32.2. The van der Waals surface area contributed by atoms with E-state index < -0.39 is 15.6 Å². The maximum atomic E-state index is 12.4. The summed E-state index contributed by atoms with van der Waals surface area (Å²) in [7, 11) is -3.66. The van der Waals surface area contributed by atoms with Gasteiger partial charge in [0.05, 0.1) is 4.90 Å². The first-order chi connectivity index (χ1) is 10.2. The predicted octanol–water partition coefficient (Wildman–Crippen LogP) is 2.49. The highest BCUT2D eigenvalue weighted by molar-refractivity contribution is 7.89. The van der Waals surface area contributed by atoms with Crippen LogP contribution < -0.4 is 4.72 Å². The molecule has 2 N–H and O–H groups in total. The lowest BCUT2D eigenvalue weighted by atomic mass is 9.97. The smallest absolute Gasteiger partial charge is 0.240 e. The summed E-state index contributed by atoms with van der Waals surface area (Å²) < 4.78 is 27.3. The number of hydrogen-bond acceptors (Lipinski definition) is 3. The van der Waals surface area contributed by atoms with Crippen LogP contribution in [-0.2, 0) is 15.6 Å². The van der Waals surface area contributed by atoms with E-state index in [2.05, 4.69) is 4.72 Å². The van der Waals surface area contributed by atoms with Crippen molar-refractivity contribution in [1.29, 1.82) is 0 Å². The summed E-state index contributed by atoms with van der Waals surface area (Å²) in [5.74, 6) is 0. The zero-order valence-corrected chi connectivity index (χ0v) is 13.8. The van der Waals surface area contributed by atoms with Crippen LogP contribution in [0.15, 0.2) is 53.4 Å². The Balaban J connectivity index is 2.19. The van der Waals surface area contributed by atoms with Gasteiger partial charge >= 0.3 is 0 Å². The van der Waals surface area contributed by atoms with Crippen LogP contribution in [0, 0.1) is 13.8 Å². The number of nitrogens with one attached hydrogen (secondary N) is 1. The molecule has 0 unspecified atom stereocenters. The molecule has 2 rings (SSSR count). The molecule has 0 aliphatic carbocycles. The molecule has 22 heavy (non-hydrogen) atoms. The Morgan fingerprint density at radius 2 is 1.73 bits per heavy atom. The van der Waals surface area contributed by atoms with Gasteiger partial charge in [0.15, 0.2) is 0 Å². The molecule has 4 nitrogen and oxygen atoms in total. The Bertz CT molecular complexity index is 753. The van der Waals surface area contributed by atoms with E-state index in [1.165, 1.54) is 0 Å². The molecule has 0 amide bonds. The summed E-state index contributed by atoms with van der Waals surface area (Å²) in [5, 5.41) is 10.5. The molecule has 0 heterocycles. The standard InChI is InChI=1S/C17H21NO3S/c1-13-9-10-16(14(2)11-13)22(20,21)18-12-17(3,19)15-7-5-4-6-8-15/h4-11,18-19H,12H2,1-3H3/t17-/m0/s1. The minimum Gasteiger partial charge on any atom is -0.384 e. The van der Waals surface area contributed by atoms with Crippen LogP contribution in [0.3, 0.4) is 0 Å². The predicted molar refractivity (Wildman–Crippen MR) is 87.1 cm³/mol. The van der Waals surface area contributed by atoms with Crippen molar-refractivity contribution in [2.75, 3.05) is 6.54 Å². The van der Waals surface area contributed by atoms with E-state index in [0.717, 1.165) is 5.56 Å². The number of sulfonamides is 1. The second kappa shape index (κ2) is 6.20. The van der Waals surface area contributed by atoms with Gasteiger partial charge in [-0.1, -0.05) is 48.0 Å². The maximum Gasteiger partial charge on any atom is 0.240 e. The van der Waals surface area contributed by atoms with Crippen LogP contribution in [0.5, 0.6) is 0 Å². The van der Waals surface area contributed by atoms with Gasteiger partial charge in [0.2, 0.25) is 10.0 Å². The molecule has 118 valence electrons. The third kappa shape index (κ3) is 3.74. The van der Waals surface area contributed by atoms with Gasteiger partial charge in [0.25, 0.3) is 0 Å². The monoisotopic (exact) mass is 319 g/mol. The number of benzene rings is 2. The highest BCUT2D eigenvalue weighted by Crippen LogP contribution is 2.21. The molecule has 0 spiro atoms. The summed E-state index contributed by atoms with van der Waals surface area (Å²) in [5.41, 5.74) is 1.09. The van der Waals surface area contributed by atoms with Crippen LogP contribution in [0.2, 0.25) is 0 Å². The van der Waals surface area contributed by atoms with Gasteiger partial charge in [0, 0.05) is 6.54 Å². The molecule has 2 aromatic rings. The van der Waals surface area contributed by atoms with Crippen LogP contribution in [0.1, 0.15) is 23.6 Å². The van der Waals surface area contributed by atoms with E-state index >= 15 is 0 Å². The lowest BCUT2D eigenvalue weighted by molar-refractivity contribution is 0.0627. The van der Waals surface area contributed by atoms with E-state index in [1.807, 2.05) is 31.2 Å². The van der Waals surface area contributed by atoms with Crippen molar-refractivity contribution >= 4 is 10.0 Å². The SMILES string of the molecule is Cc1ccc(S(=O)(=O)NC[C@](C)(O)c2ccccc2)c(C)c1. The van der Waals surface area contributed by atoms with Crippen LogP contribution >= 0.6 is 0 Å². The first-order valence-corrected chi connectivity index (χ1v) is 8.55. The maximum absolute atomic E-state index is 12.4. The Hall–Kier alpha value is -1.69. The molecule has 0 aromatic heterocycles. The molecular formula is C17H21NO3S. The average molecular weight is 319 g/mol. The van der Waals surface area contributed by atoms with Crippen molar-refractivity contribution in [3.8, 4) is 0 Å². The van der Waals surface area contributed by atoms with Crippen LogP contribution in [0.4, 0.5) is 0 Å². The van der Waals surface area contributed by atoms with Gasteiger partial charge < -0.3 is 5.11 Å². The second-order valence-electron chi connectivity index (χ2n) is 5.73. The minimum absolute atomic E-state index is 0.0906. The Kier molecular flexibility index (Phi) is 4.70. The van der Waals surface area contributed by atoms with E-state index in [9.17, 15) is 13.5 Å². The molecule has 0 saturated heterocycles. The fourth-order valence-electron chi connectivity index (χ4n) is 2.31. The first-order valence-electron chi connectivity index (χ1n) is 7.07. The number of aryl methyl sites for hydroxylation is 2. The summed E-state index contributed by atoms with van der Waals surface area (Å²) in [6.45, 7) is 5.17. The normalized spacial score (nSPS) is 14.5. The van der Waals surface area contributed by atoms with E-state index in [1.54, 1.807) is 38.1 Å². The van der Waals surface area contributed by atoms with Crippen LogP contribution in [-0.4, -0.2) is 20.1 Å². The van der Waals surface area contributed by atoms with Crippen molar-refractivity contribution in [3.05, 3.63) is 65.2 Å². The quantitative estimate of drug-likeness (QED) is 0.890. The summed E-state index contributed by atoms with van der Waals surface area (Å²) in [6.07, 6.45) is 0. The van der Waals surface area contributed by atoms with Gasteiger partial charge in [-0.3, -0.25) is 0 Å². The van der Waals surface area contributed by atoms with E-state index in [0.29, 0.717) is 11.1 Å². The van der Waals surface area contributed by atoms with Gasteiger partial charge in [0.1, 0.15) is 5.60 Å². The zero-order valence-electron chi connectivity index (χ0n) is 13.0. The fourth-order valence-corrected chi connectivity index (χ4v) is 3.67. The fraction of sp³-hybridized carbons (Fsp3) is 0.294. The van der Waals surface area contributed by atoms with Crippen LogP contribution in [0.25, 0.3) is 0 Å². The van der Waals surface area contributed by atoms with Crippen molar-refractivity contribution in [1.82, 2.24) is 4.72 Å². The lowest BCUT2D eigenvalue weighted by Crippen LogP contribution is -2.38. The summed E-state index contributed by atoms with van der Waals surface area (Å²) in [6, 6.07) is 14.2.